The average Bonchev–Trinajstić information content (AvgIpc) is 3.17. The normalized spacial score (nSPS) is 27.7. The van der Waals surface area contributed by atoms with Crippen LogP contribution in [0, 0.1) is 0 Å². The number of rotatable bonds is 7. The number of carboxylic acids is 1. The number of aliphatic carboxylic acids is 1. The SMILES string of the molecule is C[S+](CC[C@H](N)C(=O)O)C[C@@H]1O[C@H](n2cnc3c(N)ncnc32)[C@@H](O)[C@H]1O. The van der Waals surface area contributed by atoms with Crippen LogP contribution in [-0.4, -0.2) is 82.9 Å². The molecule has 2 aromatic rings. The highest BCUT2D eigenvalue weighted by Crippen LogP contribution is 2.32. The quantitative estimate of drug-likeness (QED) is 0.329. The minimum absolute atomic E-state index is 0.216. The van der Waals surface area contributed by atoms with Gasteiger partial charge in [0.25, 0.3) is 0 Å². The number of nitrogen functional groups attached to an aromatic ring is 1. The van der Waals surface area contributed by atoms with E-state index in [1.54, 1.807) is 0 Å². The van der Waals surface area contributed by atoms with Crippen LogP contribution < -0.4 is 11.5 Å². The Balaban J connectivity index is 1.68. The summed E-state index contributed by atoms with van der Waals surface area (Å²) in [6.45, 7) is 0. The van der Waals surface area contributed by atoms with Gasteiger partial charge in [0.15, 0.2) is 17.7 Å². The summed E-state index contributed by atoms with van der Waals surface area (Å²) >= 11 is 0. The van der Waals surface area contributed by atoms with Crippen molar-refractivity contribution in [1.29, 1.82) is 0 Å². The molecule has 27 heavy (non-hydrogen) atoms. The van der Waals surface area contributed by atoms with Crippen LogP contribution in [0.15, 0.2) is 12.7 Å². The molecule has 3 rings (SSSR count). The van der Waals surface area contributed by atoms with E-state index >= 15 is 0 Å². The molecule has 0 spiro atoms. The Morgan fingerprint density at radius 3 is 2.81 bits per heavy atom. The van der Waals surface area contributed by atoms with Gasteiger partial charge in [0, 0.05) is 6.42 Å². The van der Waals surface area contributed by atoms with Crippen LogP contribution in [0.25, 0.3) is 11.2 Å². The number of anilines is 1. The van der Waals surface area contributed by atoms with Gasteiger partial charge in [-0.3, -0.25) is 9.36 Å². The van der Waals surface area contributed by atoms with E-state index < -0.39 is 36.6 Å². The Kier molecular flexibility index (Phi) is 5.81. The molecule has 0 aliphatic carbocycles. The van der Waals surface area contributed by atoms with Gasteiger partial charge in [0.2, 0.25) is 0 Å². The molecule has 1 saturated heterocycles. The summed E-state index contributed by atoms with van der Waals surface area (Å²) in [5.41, 5.74) is 12.1. The zero-order chi connectivity index (χ0) is 19.7. The number of hydrogen-bond donors (Lipinski definition) is 5. The molecule has 0 radical (unpaired) electrons. The molecule has 148 valence electrons. The second kappa shape index (κ2) is 7.94. The summed E-state index contributed by atoms with van der Waals surface area (Å²) in [7, 11) is -0.235. The molecular weight excluding hydrogens is 376 g/mol. The Morgan fingerprint density at radius 2 is 2.11 bits per heavy atom. The Morgan fingerprint density at radius 1 is 1.37 bits per heavy atom. The maximum atomic E-state index is 10.8. The van der Waals surface area contributed by atoms with Crippen LogP contribution in [-0.2, 0) is 20.4 Å². The Labute approximate surface area is 157 Å². The summed E-state index contributed by atoms with van der Waals surface area (Å²) in [5, 5.41) is 29.7. The lowest BCUT2D eigenvalue weighted by Crippen LogP contribution is -2.37. The Hall–Kier alpha value is -1.99. The van der Waals surface area contributed by atoms with E-state index in [0.717, 1.165) is 0 Å². The van der Waals surface area contributed by atoms with Crippen LogP contribution in [0.2, 0.25) is 0 Å². The fraction of sp³-hybridized carbons (Fsp3) is 0.600. The molecule has 11 nitrogen and oxygen atoms in total. The molecule has 3 heterocycles. The van der Waals surface area contributed by atoms with Gasteiger partial charge in [-0.05, 0) is 10.9 Å². The smallest absolute Gasteiger partial charge is 0.320 e. The lowest BCUT2D eigenvalue weighted by atomic mass is 10.1. The minimum atomic E-state index is -1.16. The second-order valence-electron chi connectivity index (χ2n) is 6.51. The third kappa shape index (κ3) is 3.99. The first kappa shape index (κ1) is 19.8. The van der Waals surface area contributed by atoms with Crippen molar-refractivity contribution in [2.75, 3.05) is 23.5 Å². The van der Waals surface area contributed by atoms with Gasteiger partial charge in [-0.2, -0.15) is 0 Å². The van der Waals surface area contributed by atoms with Crippen LogP contribution in [0.1, 0.15) is 12.6 Å². The van der Waals surface area contributed by atoms with Gasteiger partial charge in [-0.25, -0.2) is 15.0 Å². The van der Waals surface area contributed by atoms with E-state index in [-0.39, 0.29) is 16.7 Å². The number of nitrogens with two attached hydrogens (primary N) is 2. The first-order valence-electron chi connectivity index (χ1n) is 8.31. The van der Waals surface area contributed by atoms with E-state index in [0.29, 0.717) is 29.1 Å². The standard InChI is InChI=1S/C15H22N6O5S/c1-27(3-2-7(16)15(24)25)4-8-10(22)11(23)14(26-8)21-6-20-9-12(17)18-5-19-13(9)21/h5-8,10-11,14,22-23H,2-4,16H2,1H3,(H2-,17,18,19,24,25)/p+1/t7-,8-,10-,11-,14-,27?/m0/s1. The molecule has 2 aromatic heterocycles. The molecule has 0 aromatic carbocycles. The van der Waals surface area contributed by atoms with Gasteiger partial charge in [-0.1, -0.05) is 0 Å². The highest BCUT2D eigenvalue weighted by atomic mass is 32.2. The molecule has 1 fully saturated rings. The molecule has 1 unspecified atom stereocenters. The Bertz CT molecular complexity index is 819. The lowest BCUT2D eigenvalue weighted by Gasteiger charge is -2.16. The molecule has 12 heteroatoms. The van der Waals surface area contributed by atoms with Crippen molar-refractivity contribution in [2.24, 2.45) is 5.73 Å². The third-order valence-corrected chi connectivity index (χ3v) is 6.37. The predicted octanol–water partition coefficient (Wildman–Crippen LogP) is -1.92. The number of aliphatic hydroxyl groups is 2. The fourth-order valence-corrected chi connectivity index (χ4v) is 4.63. The van der Waals surface area contributed by atoms with Crippen molar-refractivity contribution in [1.82, 2.24) is 19.5 Å². The van der Waals surface area contributed by atoms with Crippen molar-refractivity contribution in [2.45, 2.75) is 37.0 Å². The molecule has 1 aliphatic rings. The highest BCUT2D eigenvalue weighted by molar-refractivity contribution is 7.96. The van der Waals surface area contributed by atoms with Crippen LogP contribution in [0.3, 0.4) is 0 Å². The molecule has 1 aliphatic heterocycles. The van der Waals surface area contributed by atoms with E-state index in [1.165, 1.54) is 17.2 Å². The fourth-order valence-electron chi connectivity index (χ4n) is 2.97. The number of carbonyl (C=O) groups is 1. The molecule has 7 N–H and O–H groups in total. The largest absolute Gasteiger partial charge is 0.480 e. The van der Waals surface area contributed by atoms with E-state index in [4.69, 9.17) is 21.3 Å². The number of carboxylic acid groups (broad SMARTS) is 1. The summed E-state index contributed by atoms with van der Waals surface area (Å²) in [6.07, 6.45) is 1.31. The molecule has 0 saturated carbocycles. The van der Waals surface area contributed by atoms with Crippen molar-refractivity contribution < 1.29 is 24.9 Å². The maximum Gasteiger partial charge on any atom is 0.320 e. The van der Waals surface area contributed by atoms with Gasteiger partial charge in [0.05, 0.1) is 12.6 Å². The van der Waals surface area contributed by atoms with Crippen LogP contribution in [0.4, 0.5) is 5.82 Å². The van der Waals surface area contributed by atoms with Crippen LogP contribution >= 0.6 is 0 Å². The van der Waals surface area contributed by atoms with E-state index in [1.807, 2.05) is 6.26 Å². The zero-order valence-electron chi connectivity index (χ0n) is 14.7. The highest BCUT2D eigenvalue weighted by Gasteiger charge is 2.46. The van der Waals surface area contributed by atoms with Crippen molar-refractivity contribution in [3.05, 3.63) is 12.7 Å². The summed E-state index contributed by atoms with van der Waals surface area (Å²) in [6, 6.07) is -0.907. The second-order valence-corrected chi connectivity index (χ2v) is 8.82. The summed E-state index contributed by atoms with van der Waals surface area (Å²) in [4.78, 5) is 23.0. The van der Waals surface area contributed by atoms with Crippen molar-refractivity contribution in [3.8, 4) is 0 Å². The third-order valence-electron chi connectivity index (χ3n) is 4.54. The molecule has 6 atom stereocenters. The number of hydrogen-bond acceptors (Lipinski definition) is 9. The van der Waals surface area contributed by atoms with E-state index in [2.05, 4.69) is 15.0 Å². The van der Waals surface area contributed by atoms with Gasteiger partial charge in [0.1, 0.15) is 47.7 Å². The summed E-state index contributed by atoms with van der Waals surface area (Å²) in [5.74, 6) is 0.254. The molecule has 0 bridgehead atoms. The van der Waals surface area contributed by atoms with Crippen molar-refractivity contribution in [3.63, 3.8) is 0 Å². The number of imidazole rings is 1. The first-order valence-corrected chi connectivity index (χ1v) is 10.3. The number of aliphatic hydroxyl groups excluding tert-OH is 2. The molecule has 0 amide bonds. The number of nitrogens with zero attached hydrogens (tertiary/aromatic N) is 4. The maximum absolute atomic E-state index is 10.8. The van der Waals surface area contributed by atoms with Gasteiger partial charge in [-0.15, -0.1) is 0 Å². The zero-order valence-corrected chi connectivity index (χ0v) is 15.5. The first-order chi connectivity index (χ1) is 12.8. The minimum Gasteiger partial charge on any atom is -0.480 e. The average molecular weight is 399 g/mol. The topological polar surface area (TPSA) is 183 Å². The van der Waals surface area contributed by atoms with Crippen molar-refractivity contribution >= 4 is 33.8 Å². The number of aromatic nitrogens is 4. The molecular formula is C15H23N6O5S+. The number of ether oxygens (including phenoxy) is 1. The van der Waals surface area contributed by atoms with Crippen LogP contribution in [0.5, 0.6) is 0 Å². The number of fused-ring (bicyclic) bond motifs is 1. The monoisotopic (exact) mass is 399 g/mol. The predicted molar refractivity (Wildman–Crippen MR) is 98.9 cm³/mol. The lowest BCUT2D eigenvalue weighted by molar-refractivity contribution is -0.138. The van der Waals surface area contributed by atoms with E-state index in [9.17, 15) is 15.0 Å². The summed E-state index contributed by atoms with van der Waals surface area (Å²) < 4.78 is 7.41. The van der Waals surface area contributed by atoms with Gasteiger partial charge >= 0.3 is 5.97 Å². The van der Waals surface area contributed by atoms with Gasteiger partial charge < -0.3 is 31.5 Å².